The van der Waals surface area contributed by atoms with Gasteiger partial charge in [-0.15, -0.1) is 0 Å². The van der Waals surface area contributed by atoms with Crippen molar-refractivity contribution in [3.63, 3.8) is 0 Å². The number of rotatable bonds is 4. The first-order valence-electron chi connectivity index (χ1n) is 5.21. The number of nitrogens with zero attached hydrogens (tertiary/aromatic N) is 1. The Morgan fingerprint density at radius 1 is 1.50 bits per heavy atom. The van der Waals surface area contributed by atoms with Crippen LogP contribution in [0.25, 0.3) is 0 Å². The lowest BCUT2D eigenvalue weighted by atomic mass is 10.2. The number of hydrogen-bond donors (Lipinski definition) is 1. The summed E-state index contributed by atoms with van der Waals surface area (Å²) in [6.45, 7) is 10.4. The molecule has 2 nitrogen and oxygen atoms in total. The van der Waals surface area contributed by atoms with E-state index in [0.717, 1.165) is 6.04 Å². The lowest BCUT2D eigenvalue weighted by Crippen LogP contribution is -2.39. The first-order chi connectivity index (χ1) is 5.74. The number of likely N-dealkylation sites (N-methyl/N-ethyl adjacent to an activating group) is 1. The minimum absolute atomic E-state index is 0.629. The van der Waals surface area contributed by atoms with Gasteiger partial charge in [-0.2, -0.15) is 0 Å². The molecule has 1 rings (SSSR count). The lowest BCUT2D eigenvalue weighted by Gasteiger charge is -2.23. The fourth-order valence-electron chi connectivity index (χ4n) is 1.91. The molecule has 0 aliphatic carbocycles. The predicted molar refractivity (Wildman–Crippen MR) is 53.4 cm³/mol. The Kier molecular flexibility index (Phi) is 4.02. The van der Waals surface area contributed by atoms with Crippen LogP contribution in [-0.4, -0.2) is 36.6 Å². The fourth-order valence-corrected chi connectivity index (χ4v) is 1.91. The molecule has 0 saturated carbocycles. The van der Waals surface area contributed by atoms with Crippen molar-refractivity contribution in [1.82, 2.24) is 10.2 Å². The minimum atomic E-state index is 0.629. The van der Waals surface area contributed by atoms with E-state index in [4.69, 9.17) is 0 Å². The van der Waals surface area contributed by atoms with Crippen molar-refractivity contribution >= 4 is 0 Å². The molecule has 1 N–H and O–H groups in total. The summed E-state index contributed by atoms with van der Waals surface area (Å²) in [6, 6.07) is 1.43. The molecule has 0 spiro atoms. The molecule has 1 atom stereocenters. The zero-order chi connectivity index (χ0) is 8.97. The van der Waals surface area contributed by atoms with E-state index in [1.807, 2.05) is 0 Å². The maximum Gasteiger partial charge on any atom is 0.0221 e. The zero-order valence-electron chi connectivity index (χ0n) is 8.64. The highest BCUT2D eigenvalue weighted by Gasteiger charge is 2.22. The summed E-state index contributed by atoms with van der Waals surface area (Å²) in [5.74, 6) is 0. The number of hydrogen-bond acceptors (Lipinski definition) is 2. The van der Waals surface area contributed by atoms with Crippen LogP contribution in [0.5, 0.6) is 0 Å². The second kappa shape index (κ2) is 4.83. The van der Waals surface area contributed by atoms with Crippen molar-refractivity contribution in [3.8, 4) is 0 Å². The summed E-state index contributed by atoms with van der Waals surface area (Å²) in [5, 5.41) is 3.51. The van der Waals surface area contributed by atoms with Crippen LogP contribution in [0.1, 0.15) is 33.6 Å². The van der Waals surface area contributed by atoms with Gasteiger partial charge in [0.05, 0.1) is 0 Å². The Hall–Kier alpha value is -0.0800. The SMILES string of the molecule is CCN1CCC[C@@H]1CNC(C)C. The molecule has 0 aromatic heterocycles. The second-order valence-corrected chi connectivity index (χ2v) is 3.99. The van der Waals surface area contributed by atoms with Crippen LogP contribution in [0.3, 0.4) is 0 Å². The van der Waals surface area contributed by atoms with Crippen LogP contribution in [0.4, 0.5) is 0 Å². The highest BCUT2D eigenvalue weighted by Crippen LogP contribution is 2.15. The quantitative estimate of drug-likeness (QED) is 0.687. The predicted octanol–water partition coefficient (Wildman–Crippen LogP) is 1.47. The van der Waals surface area contributed by atoms with Crippen molar-refractivity contribution in [2.24, 2.45) is 0 Å². The van der Waals surface area contributed by atoms with Crippen molar-refractivity contribution in [1.29, 1.82) is 0 Å². The van der Waals surface area contributed by atoms with Gasteiger partial charge in [-0.25, -0.2) is 0 Å². The Morgan fingerprint density at radius 3 is 2.83 bits per heavy atom. The summed E-state index contributed by atoms with van der Waals surface area (Å²) in [4.78, 5) is 2.58. The van der Waals surface area contributed by atoms with Crippen LogP contribution >= 0.6 is 0 Å². The molecular formula is C10H22N2. The molecule has 0 radical (unpaired) electrons. The largest absolute Gasteiger partial charge is 0.313 e. The van der Waals surface area contributed by atoms with E-state index in [1.54, 1.807) is 0 Å². The molecular weight excluding hydrogens is 148 g/mol. The molecule has 0 aromatic rings. The van der Waals surface area contributed by atoms with E-state index in [-0.39, 0.29) is 0 Å². The van der Waals surface area contributed by atoms with Gasteiger partial charge in [0.25, 0.3) is 0 Å². The van der Waals surface area contributed by atoms with Gasteiger partial charge in [-0.3, -0.25) is 4.90 Å². The highest BCUT2D eigenvalue weighted by atomic mass is 15.2. The Labute approximate surface area is 76.3 Å². The first kappa shape index (κ1) is 10.0. The molecule has 1 aliphatic rings. The van der Waals surface area contributed by atoms with Gasteiger partial charge in [0.2, 0.25) is 0 Å². The second-order valence-electron chi connectivity index (χ2n) is 3.99. The summed E-state index contributed by atoms with van der Waals surface area (Å²) >= 11 is 0. The van der Waals surface area contributed by atoms with Crippen molar-refractivity contribution in [2.45, 2.75) is 45.7 Å². The van der Waals surface area contributed by atoms with Crippen LogP contribution < -0.4 is 5.32 Å². The molecule has 1 saturated heterocycles. The van der Waals surface area contributed by atoms with Gasteiger partial charge >= 0.3 is 0 Å². The standard InChI is InChI=1S/C10H22N2/c1-4-12-7-5-6-10(12)8-11-9(2)3/h9-11H,4-8H2,1-3H3/t10-/m1/s1. The molecule has 0 bridgehead atoms. The van der Waals surface area contributed by atoms with Gasteiger partial charge in [0, 0.05) is 18.6 Å². The topological polar surface area (TPSA) is 15.3 Å². The van der Waals surface area contributed by atoms with Crippen molar-refractivity contribution < 1.29 is 0 Å². The highest BCUT2D eigenvalue weighted by molar-refractivity contribution is 4.80. The smallest absolute Gasteiger partial charge is 0.0221 e. The molecule has 2 heteroatoms. The molecule has 0 amide bonds. The third-order valence-electron chi connectivity index (χ3n) is 2.67. The maximum absolute atomic E-state index is 3.51. The monoisotopic (exact) mass is 170 g/mol. The van der Waals surface area contributed by atoms with E-state index in [1.165, 1.54) is 32.5 Å². The average Bonchev–Trinajstić information content (AvgIpc) is 2.47. The normalized spacial score (nSPS) is 25.5. The molecule has 12 heavy (non-hydrogen) atoms. The molecule has 0 aromatic carbocycles. The first-order valence-corrected chi connectivity index (χ1v) is 5.21. The Bertz CT molecular complexity index is 123. The summed E-state index contributed by atoms with van der Waals surface area (Å²) in [5.41, 5.74) is 0. The van der Waals surface area contributed by atoms with Gasteiger partial charge in [-0.05, 0) is 25.9 Å². The van der Waals surface area contributed by atoms with Crippen LogP contribution in [0, 0.1) is 0 Å². The maximum atomic E-state index is 3.51. The number of likely N-dealkylation sites (tertiary alicyclic amines) is 1. The molecule has 1 aliphatic heterocycles. The molecule has 72 valence electrons. The minimum Gasteiger partial charge on any atom is -0.313 e. The van der Waals surface area contributed by atoms with Gasteiger partial charge in [0.1, 0.15) is 0 Å². The Balaban J connectivity index is 2.21. The summed E-state index contributed by atoms with van der Waals surface area (Å²) in [6.07, 6.45) is 2.77. The third-order valence-corrected chi connectivity index (χ3v) is 2.67. The van der Waals surface area contributed by atoms with Gasteiger partial charge in [0.15, 0.2) is 0 Å². The van der Waals surface area contributed by atoms with Crippen LogP contribution in [0.15, 0.2) is 0 Å². The van der Waals surface area contributed by atoms with E-state index < -0.39 is 0 Å². The van der Waals surface area contributed by atoms with E-state index >= 15 is 0 Å². The Morgan fingerprint density at radius 2 is 2.25 bits per heavy atom. The summed E-state index contributed by atoms with van der Waals surface area (Å²) in [7, 11) is 0. The van der Waals surface area contributed by atoms with Crippen LogP contribution in [-0.2, 0) is 0 Å². The molecule has 1 fully saturated rings. The van der Waals surface area contributed by atoms with Crippen LogP contribution in [0.2, 0.25) is 0 Å². The van der Waals surface area contributed by atoms with E-state index in [0.29, 0.717) is 6.04 Å². The average molecular weight is 170 g/mol. The van der Waals surface area contributed by atoms with Crippen molar-refractivity contribution in [3.05, 3.63) is 0 Å². The van der Waals surface area contributed by atoms with Gasteiger partial charge in [-0.1, -0.05) is 20.8 Å². The summed E-state index contributed by atoms with van der Waals surface area (Å²) < 4.78 is 0. The van der Waals surface area contributed by atoms with E-state index in [2.05, 4.69) is 31.0 Å². The molecule has 1 heterocycles. The zero-order valence-corrected chi connectivity index (χ0v) is 8.64. The molecule has 0 unspecified atom stereocenters. The van der Waals surface area contributed by atoms with E-state index in [9.17, 15) is 0 Å². The van der Waals surface area contributed by atoms with Crippen molar-refractivity contribution in [2.75, 3.05) is 19.6 Å². The third kappa shape index (κ3) is 2.76. The van der Waals surface area contributed by atoms with Gasteiger partial charge < -0.3 is 5.32 Å². The number of nitrogens with one attached hydrogen (secondary N) is 1. The fraction of sp³-hybridized carbons (Fsp3) is 1.00. The lowest BCUT2D eigenvalue weighted by molar-refractivity contribution is 0.256.